The van der Waals surface area contributed by atoms with Crippen LogP contribution in [0.25, 0.3) is 0 Å². The summed E-state index contributed by atoms with van der Waals surface area (Å²) >= 11 is 13.0. The zero-order valence-corrected chi connectivity index (χ0v) is 16.8. The van der Waals surface area contributed by atoms with Gasteiger partial charge in [0, 0.05) is 17.3 Å². The van der Waals surface area contributed by atoms with E-state index in [9.17, 15) is 24.9 Å². The Balaban J connectivity index is 1.60. The maximum absolute atomic E-state index is 12.8. The Kier molecular flexibility index (Phi) is 2.85. The molecule has 6 nitrogen and oxygen atoms in total. The van der Waals surface area contributed by atoms with Crippen LogP contribution in [0.4, 0.5) is 0 Å². The number of hydrogen-bond acceptors (Lipinski definition) is 5. The summed E-state index contributed by atoms with van der Waals surface area (Å²) in [5.74, 6) is -3.42. The molecule has 1 saturated heterocycles. The highest BCUT2D eigenvalue weighted by atomic mass is 35.5. The fourth-order valence-electron chi connectivity index (χ4n) is 8.43. The second-order valence-electron chi connectivity index (χ2n) is 10.3. The third-order valence-electron chi connectivity index (χ3n) is 9.54. The highest BCUT2D eigenvalue weighted by Gasteiger charge is 2.90. The number of fused-ring (bicyclic) bond motifs is 2. The first kappa shape index (κ1) is 18.0. The number of rotatable bonds is 1. The summed E-state index contributed by atoms with van der Waals surface area (Å²) in [7, 11) is 0. The predicted molar refractivity (Wildman–Crippen MR) is 97.5 cm³/mol. The molecule has 6 rings (SSSR count). The standard InChI is InChI=1S/C20H22Cl2O6/c1-15-10(23)3-5-19(28-14(15)26)9-2-4-18(27)7-16(9,11(12(15)19)13(24)25)6-17(18)8-20(17,21)22/h3,5,9-12,23,27H,2,4,6-8H2,1H3,(H,24,25)/t9-,10+,11-,12-,15-,16+,17+,18+,19-/m1/s1. The fourth-order valence-corrected chi connectivity index (χ4v) is 9.38. The van der Waals surface area contributed by atoms with Crippen molar-refractivity contribution in [3.63, 3.8) is 0 Å². The van der Waals surface area contributed by atoms with Crippen LogP contribution in [0.3, 0.4) is 0 Å². The van der Waals surface area contributed by atoms with E-state index < -0.39 is 61.7 Å². The lowest BCUT2D eigenvalue weighted by molar-refractivity contribution is -0.163. The van der Waals surface area contributed by atoms with Gasteiger partial charge in [-0.15, -0.1) is 23.2 Å². The number of halogens is 2. The van der Waals surface area contributed by atoms with E-state index in [2.05, 4.69) is 0 Å². The van der Waals surface area contributed by atoms with E-state index in [1.54, 1.807) is 19.1 Å². The average Bonchev–Trinajstić information content (AvgIpc) is 2.88. The molecule has 1 aliphatic heterocycles. The first-order valence-electron chi connectivity index (χ1n) is 9.84. The molecule has 5 aliphatic carbocycles. The summed E-state index contributed by atoms with van der Waals surface area (Å²) in [6.45, 7) is 1.61. The van der Waals surface area contributed by atoms with E-state index in [-0.39, 0.29) is 5.92 Å². The quantitative estimate of drug-likeness (QED) is 0.335. The van der Waals surface area contributed by atoms with Crippen molar-refractivity contribution in [1.29, 1.82) is 0 Å². The zero-order chi connectivity index (χ0) is 20.1. The van der Waals surface area contributed by atoms with Gasteiger partial charge in [0.15, 0.2) is 0 Å². The molecule has 2 spiro atoms. The number of aliphatic hydroxyl groups is 2. The van der Waals surface area contributed by atoms with Crippen LogP contribution in [-0.2, 0) is 14.3 Å². The van der Waals surface area contributed by atoms with Crippen LogP contribution in [0.5, 0.6) is 0 Å². The van der Waals surface area contributed by atoms with Crippen molar-refractivity contribution in [2.24, 2.45) is 34.0 Å². The van der Waals surface area contributed by atoms with Gasteiger partial charge in [-0.2, -0.15) is 0 Å². The Hall–Kier alpha value is -0.820. The third-order valence-corrected chi connectivity index (χ3v) is 10.5. The Bertz CT molecular complexity index is 888. The minimum absolute atomic E-state index is 0.245. The number of carbonyl (C=O) groups excluding carboxylic acids is 1. The molecule has 0 amide bonds. The van der Waals surface area contributed by atoms with E-state index in [0.717, 1.165) is 0 Å². The predicted octanol–water partition coefficient (Wildman–Crippen LogP) is 2.03. The smallest absolute Gasteiger partial charge is 0.316 e. The van der Waals surface area contributed by atoms with Gasteiger partial charge in [0.2, 0.25) is 0 Å². The van der Waals surface area contributed by atoms with E-state index in [4.69, 9.17) is 27.9 Å². The van der Waals surface area contributed by atoms with Crippen LogP contribution in [0, 0.1) is 34.0 Å². The molecule has 4 saturated carbocycles. The number of alkyl halides is 2. The summed E-state index contributed by atoms with van der Waals surface area (Å²) in [4.78, 5) is 25.5. The first-order valence-corrected chi connectivity index (χ1v) is 10.6. The number of hydrogen-bond donors (Lipinski definition) is 3. The van der Waals surface area contributed by atoms with Gasteiger partial charge in [-0.1, -0.05) is 6.08 Å². The lowest BCUT2D eigenvalue weighted by atomic mass is 9.61. The highest BCUT2D eigenvalue weighted by molar-refractivity contribution is 6.51. The first-order chi connectivity index (χ1) is 12.9. The third kappa shape index (κ3) is 1.47. The summed E-state index contributed by atoms with van der Waals surface area (Å²) in [5.41, 5.74) is -4.98. The van der Waals surface area contributed by atoms with Gasteiger partial charge in [-0.25, -0.2) is 0 Å². The molecule has 5 fully saturated rings. The van der Waals surface area contributed by atoms with Gasteiger partial charge in [0.25, 0.3) is 0 Å². The van der Waals surface area contributed by atoms with Gasteiger partial charge < -0.3 is 20.1 Å². The minimum atomic E-state index is -1.32. The molecule has 9 atom stereocenters. The van der Waals surface area contributed by atoms with Crippen molar-refractivity contribution < 1.29 is 29.6 Å². The Morgan fingerprint density at radius 1 is 1.29 bits per heavy atom. The Labute approximate surface area is 171 Å². The molecular weight excluding hydrogens is 407 g/mol. The van der Waals surface area contributed by atoms with Crippen LogP contribution in [-0.4, -0.2) is 48.9 Å². The van der Waals surface area contributed by atoms with Gasteiger partial charge in [-0.3, -0.25) is 9.59 Å². The lowest BCUT2D eigenvalue weighted by Gasteiger charge is -2.44. The minimum Gasteiger partial charge on any atom is -0.481 e. The highest BCUT2D eigenvalue weighted by Crippen LogP contribution is 2.87. The van der Waals surface area contributed by atoms with E-state index in [1.165, 1.54) is 0 Å². The van der Waals surface area contributed by atoms with Crippen LogP contribution >= 0.6 is 23.2 Å². The number of carboxylic acid groups (broad SMARTS) is 1. The molecule has 0 unspecified atom stereocenters. The molecule has 152 valence electrons. The van der Waals surface area contributed by atoms with Crippen LogP contribution in [0.2, 0.25) is 0 Å². The number of carbonyl (C=O) groups is 2. The molecule has 4 bridgehead atoms. The Morgan fingerprint density at radius 3 is 2.57 bits per heavy atom. The van der Waals surface area contributed by atoms with Crippen molar-refractivity contribution in [3.8, 4) is 0 Å². The molecule has 0 aromatic rings. The van der Waals surface area contributed by atoms with E-state index in [1.807, 2.05) is 0 Å². The van der Waals surface area contributed by atoms with Crippen molar-refractivity contribution >= 4 is 35.1 Å². The number of aliphatic hydroxyl groups excluding tert-OH is 1. The van der Waals surface area contributed by atoms with Gasteiger partial charge in [0.05, 0.1) is 17.6 Å². The number of ether oxygens (including phenoxy) is 1. The second-order valence-corrected chi connectivity index (χ2v) is 11.8. The lowest BCUT2D eigenvalue weighted by Crippen LogP contribution is -2.50. The molecule has 3 N–H and O–H groups in total. The largest absolute Gasteiger partial charge is 0.481 e. The number of carboxylic acids is 1. The van der Waals surface area contributed by atoms with Crippen LogP contribution < -0.4 is 0 Å². The Morgan fingerprint density at radius 2 is 1.96 bits per heavy atom. The summed E-state index contributed by atoms with van der Waals surface area (Å²) in [5, 5.41) is 32.5. The zero-order valence-electron chi connectivity index (χ0n) is 15.3. The number of aliphatic carboxylic acids is 1. The second kappa shape index (κ2) is 4.43. The summed E-state index contributed by atoms with van der Waals surface area (Å²) in [6.07, 6.45) is 4.32. The van der Waals surface area contributed by atoms with Crippen LogP contribution in [0.1, 0.15) is 39.0 Å². The normalized spacial score (nSPS) is 61.8. The van der Waals surface area contributed by atoms with E-state index in [0.29, 0.717) is 32.1 Å². The van der Waals surface area contributed by atoms with Gasteiger partial charge in [-0.05, 0) is 50.5 Å². The van der Waals surface area contributed by atoms with Crippen molar-refractivity contribution in [2.75, 3.05) is 0 Å². The number of esters is 1. The van der Waals surface area contributed by atoms with Crippen LogP contribution in [0.15, 0.2) is 12.2 Å². The van der Waals surface area contributed by atoms with Gasteiger partial charge in [0.1, 0.15) is 15.3 Å². The van der Waals surface area contributed by atoms with Crippen molar-refractivity contribution in [1.82, 2.24) is 0 Å². The average molecular weight is 429 g/mol. The van der Waals surface area contributed by atoms with Crippen molar-refractivity contribution in [2.45, 2.75) is 60.7 Å². The maximum Gasteiger partial charge on any atom is 0.316 e. The monoisotopic (exact) mass is 428 g/mol. The van der Waals surface area contributed by atoms with Gasteiger partial charge >= 0.3 is 11.9 Å². The fraction of sp³-hybridized carbons (Fsp3) is 0.800. The summed E-state index contributed by atoms with van der Waals surface area (Å²) in [6, 6.07) is 0. The summed E-state index contributed by atoms with van der Waals surface area (Å²) < 4.78 is 4.88. The molecule has 6 aliphatic rings. The maximum atomic E-state index is 12.8. The molecule has 0 aromatic heterocycles. The SMILES string of the molecule is C[C@@]12C(=O)O[C@]3(C=C[C@@H]1O)[C@@H]1CC[C@]4(O)C[C@]1(C[C@]41CC1(Cl)Cl)[C@@H](C(=O)O)[C@@H]32. The van der Waals surface area contributed by atoms with E-state index >= 15 is 0 Å². The molecule has 8 heteroatoms. The molecular formula is C20H22Cl2O6. The topological polar surface area (TPSA) is 104 Å². The molecule has 0 aromatic carbocycles. The van der Waals surface area contributed by atoms with Crippen molar-refractivity contribution in [3.05, 3.63) is 12.2 Å². The molecule has 1 heterocycles. The molecule has 0 radical (unpaired) electrons. The molecule has 28 heavy (non-hydrogen) atoms.